The zero-order valence-corrected chi connectivity index (χ0v) is 14.7. The molecule has 1 fully saturated rings. The first kappa shape index (κ1) is 18.3. The molecule has 24 heavy (non-hydrogen) atoms. The van der Waals surface area contributed by atoms with E-state index in [2.05, 4.69) is 24.1 Å². The summed E-state index contributed by atoms with van der Waals surface area (Å²) in [4.78, 5) is 28.3. The van der Waals surface area contributed by atoms with E-state index >= 15 is 0 Å². The molecule has 2 amide bonds. The Hall–Kier alpha value is -2.08. The number of methoxy groups -OCH3 is 1. The van der Waals surface area contributed by atoms with Crippen LogP contribution in [0.25, 0.3) is 0 Å². The van der Waals surface area contributed by atoms with E-state index < -0.39 is 0 Å². The lowest BCUT2D eigenvalue weighted by Gasteiger charge is -2.34. The lowest BCUT2D eigenvalue weighted by molar-refractivity contribution is 0.0878. The first-order valence-corrected chi connectivity index (χ1v) is 8.42. The van der Waals surface area contributed by atoms with E-state index in [4.69, 9.17) is 4.74 Å². The first-order valence-electron chi connectivity index (χ1n) is 8.42. The number of nitrogens with zero attached hydrogens (tertiary/aromatic N) is 2. The first-order chi connectivity index (χ1) is 11.5. The molecule has 1 aromatic rings. The molecule has 0 aliphatic carbocycles. The van der Waals surface area contributed by atoms with Gasteiger partial charge in [0, 0.05) is 38.3 Å². The second-order valence-corrected chi connectivity index (χ2v) is 6.49. The average molecular weight is 333 g/mol. The Bertz CT molecular complexity index is 549. The Kier molecular flexibility index (Phi) is 6.61. The Balaban J connectivity index is 1.77. The summed E-state index contributed by atoms with van der Waals surface area (Å²) in [6.07, 6.45) is 0. The molecule has 1 aliphatic heterocycles. The van der Waals surface area contributed by atoms with Crippen molar-refractivity contribution in [2.45, 2.75) is 13.8 Å². The van der Waals surface area contributed by atoms with Gasteiger partial charge in [-0.25, -0.2) is 4.79 Å². The highest BCUT2D eigenvalue weighted by atomic mass is 16.5. The SMILES string of the molecule is COc1ccc(C(=O)CN2CCN(C(=O)NCC(C)C)CC2)cc1. The van der Waals surface area contributed by atoms with Crippen molar-refractivity contribution < 1.29 is 14.3 Å². The normalized spacial score (nSPS) is 15.4. The van der Waals surface area contributed by atoms with Crippen molar-refractivity contribution >= 4 is 11.8 Å². The van der Waals surface area contributed by atoms with Gasteiger partial charge in [-0.2, -0.15) is 0 Å². The van der Waals surface area contributed by atoms with Crippen molar-refractivity contribution in [1.29, 1.82) is 0 Å². The minimum atomic E-state index is -0.00942. The summed E-state index contributed by atoms with van der Waals surface area (Å²) in [5, 5.41) is 2.93. The quantitative estimate of drug-likeness (QED) is 0.807. The molecule has 0 radical (unpaired) electrons. The maximum atomic E-state index is 12.3. The number of amides is 2. The minimum Gasteiger partial charge on any atom is -0.497 e. The van der Waals surface area contributed by atoms with Crippen molar-refractivity contribution in [3.8, 4) is 5.75 Å². The number of ketones is 1. The van der Waals surface area contributed by atoms with Gasteiger partial charge in [-0.15, -0.1) is 0 Å². The lowest BCUT2D eigenvalue weighted by Crippen LogP contribution is -2.53. The van der Waals surface area contributed by atoms with Gasteiger partial charge in [0.1, 0.15) is 5.75 Å². The Morgan fingerprint density at radius 1 is 1.12 bits per heavy atom. The molecule has 1 aromatic carbocycles. The molecule has 0 bridgehead atoms. The number of hydrogen-bond donors (Lipinski definition) is 1. The number of hydrogen-bond acceptors (Lipinski definition) is 4. The summed E-state index contributed by atoms with van der Waals surface area (Å²) >= 11 is 0. The molecule has 0 spiro atoms. The standard InChI is InChI=1S/C18H27N3O3/c1-14(2)12-19-18(23)21-10-8-20(9-11-21)13-17(22)15-4-6-16(24-3)7-5-15/h4-7,14H,8-13H2,1-3H3,(H,19,23). The van der Waals surface area contributed by atoms with Crippen LogP contribution >= 0.6 is 0 Å². The molecule has 6 nitrogen and oxygen atoms in total. The van der Waals surface area contributed by atoms with Gasteiger partial charge < -0.3 is 15.0 Å². The van der Waals surface area contributed by atoms with Crippen LogP contribution in [-0.2, 0) is 0 Å². The van der Waals surface area contributed by atoms with Crippen LogP contribution in [0.3, 0.4) is 0 Å². The van der Waals surface area contributed by atoms with Gasteiger partial charge in [0.15, 0.2) is 5.78 Å². The second-order valence-electron chi connectivity index (χ2n) is 6.49. The number of piperazine rings is 1. The van der Waals surface area contributed by atoms with Crippen LogP contribution in [0.15, 0.2) is 24.3 Å². The predicted octanol–water partition coefficient (Wildman–Crippen LogP) is 1.86. The highest BCUT2D eigenvalue weighted by Crippen LogP contribution is 2.12. The molecule has 1 heterocycles. The molecule has 132 valence electrons. The van der Waals surface area contributed by atoms with E-state index in [0.29, 0.717) is 37.7 Å². The summed E-state index contributed by atoms with van der Waals surface area (Å²) in [7, 11) is 1.60. The molecule has 0 atom stereocenters. The maximum Gasteiger partial charge on any atom is 0.317 e. The number of carbonyl (C=O) groups is 2. The van der Waals surface area contributed by atoms with Crippen molar-refractivity contribution in [2.24, 2.45) is 5.92 Å². The van der Waals surface area contributed by atoms with Gasteiger partial charge in [-0.05, 0) is 30.2 Å². The third kappa shape index (κ3) is 5.23. The van der Waals surface area contributed by atoms with Gasteiger partial charge in [0.2, 0.25) is 0 Å². The van der Waals surface area contributed by atoms with Gasteiger partial charge >= 0.3 is 6.03 Å². The van der Waals surface area contributed by atoms with E-state index in [-0.39, 0.29) is 11.8 Å². The maximum absolute atomic E-state index is 12.3. The molecule has 1 aliphatic rings. The van der Waals surface area contributed by atoms with Crippen LogP contribution in [0.2, 0.25) is 0 Å². The zero-order chi connectivity index (χ0) is 17.5. The van der Waals surface area contributed by atoms with Crippen LogP contribution in [-0.4, -0.2) is 68.0 Å². The fraction of sp³-hybridized carbons (Fsp3) is 0.556. The molecule has 1 saturated heterocycles. The number of rotatable bonds is 6. The van der Waals surface area contributed by atoms with Crippen LogP contribution < -0.4 is 10.1 Å². The van der Waals surface area contributed by atoms with E-state index in [9.17, 15) is 9.59 Å². The monoisotopic (exact) mass is 333 g/mol. The smallest absolute Gasteiger partial charge is 0.317 e. The predicted molar refractivity (Wildman–Crippen MR) is 93.6 cm³/mol. The van der Waals surface area contributed by atoms with Crippen LogP contribution in [0.5, 0.6) is 5.75 Å². The number of urea groups is 1. The van der Waals surface area contributed by atoms with E-state index in [1.807, 2.05) is 4.90 Å². The van der Waals surface area contributed by atoms with E-state index in [0.717, 1.165) is 18.8 Å². The van der Waals surface area contributed by atoms with Gasteiger partial charge in [-0.3, -0.25) is 9.69 Å². The molecular formula is C18H27N3O3. The molecule has 0 aromatic heterocycles. The summed E-state index contributed by atoms with van der Waals surface area (Å²) in [6, 6.07) is 7.16. The summed E-state index contributed by atoms with van der Waals surface area (Å²) in [5.74, 6) is 1.28. The number of ether oxygens (including phenoxy) is 1. The van der Waals surface area contributed by atoms with Crippen molar-refractivity contribution in [2.75, 3.05) is 46.4 Å². The number of benzene rings is 1. The summed E-state index contributed by atoms with van der Waals surface area (Å²) in [6.45, 7) is 7.96. The topological polar surface area (TPSA) is 61.9 Å². The number of nitrogens with one attached hydrogen (secondary N) is 1. The molecule has 0 saturated carbocycles. The minimum absolute atomic E-state index is 0.00942. The average Bonchev–Trinajstić information content (AvgIpc) is 2.60. The van der Waals surface area contributed by atoms with Crippen molar-refractivity contribution in [3.05, 3.63) is 29.8 Å². The van der Waals surface area contributed by atoms with Gasteiger partial charge in [0.05, 0.1) is 13.7 Å². The summed E-state index contributed by atoms with van der Waals surface area (Å²) < 4.78 is 5.10. The van der Waals surface area contributed by atoms with Crippen molar-refractivity contribution in [3.63, 3.8) is 0 Å². The van der Waals surface area contributed by atoms with E-state index in [1.165, 1.54) is 0 Å². The molecule has 6 heteroatoms. The van der Waals surface area contributed by atoms with Gasteiger partial charge in [0.25, 0.3) is 0 Å². The number of Topliss-reactive ketones (excluding diaryl/α,β-unsaturated/α-hetero) is 1. The largest absolute Gasteiger partial charge is 0.497 e. The summed E-state index contributed by atoms with van der Waals surface area (Å²) in [5.41, 5.74) is 0.688. The Labute approximate surface area is 143 Å². The second kappa shape index (κ2) is 8.68. The Morgan fingerprint density at radius 2 is 1.75 bits per heavy atom. The molecular weight excluding hydrogens is 306 g/mol. The fourth-order valence-corrected chi connectivity index (χ4v) is 2.58. The lowest BCUT2D eigenvalue weighted by atomic mass is 10.1. The molecule has 0 unspecified atom stereocenters. The van der Waals surface area contributed by atoms with Crippen LogP contribution in [0, 0.1) is 5.92 Å². The van der Waals surface area contributed by atoms with Crippen molar-refractivity contribution in [1.82, 2.24) is 15.1 Å². The molecule has 1 N–H and O–H groups in total. The Morgan fingerprint density at radius 3 is 2.29 bits per heavy atom. The van der Waals surface area contributed by atoms with Crippen LogP contribution in [0.1, 0.15) is 24.2 Å². The number of carbonyl (C=O) groups excluding carboxylic acids is 2. The highest BCUT2D eigenvalue weighted by molar-refractivity contribution is 5.97. The highest BCUT2D eigenvalue weighted by Gasteiger charge is 2.22. The third-order valence-electron chi connectivity index (χ3n) is 4.10. The van der Waals surface area contributed by atoms with Crippen LogP contribution in [0.4, 0.5) is 4.79 Å². The third-order valence-corrected chi connectivity index (χ3v) is 4.10. The zero-order valence-electron chi connectivity index (χ0n) is 14.7. The molecule has 2 rings (SSSR count). The van der Waals surface area contributed by atoms with E-state index in [1.54, 1.807) is 31.4 Å². The van der Waals surface area contributed by atoms with Gasteiger partial charge in [-0.1, -0.05) is 13.8 Å². The fourth-order valence-electron chi connectivity index (χ4n) is 2.58.